The number of pyridine rings is 1. The lowest BCUT2D eigenvalue weighted by Crippen LogP contribution is -2.25. The highest BCUT2D eigenvalue weighted by atomic mass is 15.0. The Bertz CT molecular complexity index is 344. The molecule has 80 valence electrons. The first-order valence-corrected chi connectivity index (χ1v) is 5.81. The number of nitrogens with one attached hydrogen (secondary N) is 1. The molecule has 2 saturated carbocycles. The van der Waals surface area contributed by atoms with Gasteiger partial charge in [-0.1, -0.05) is 0 Å². The summed E-state index contributed by atoms with van der Waals surface area (Å²) in [6.07, 6.45) is 7.30. The lowest BCUT2D eigenvalue weighted by atomic mass is 10.1. The molecule has 1 heterocycles. The highest BCUT2D eigenvalue weighted by Gasteiger charge is 2.41. The number of anilines is 2. The van der Waals surface area contributed by atoms with Crippen LogP contribution in [0.25, 0.3) is 0 Å². The van der Waals surface area contributed by atoms with E-state index in [-0.39, 0.29) is 0 Å². The second-order valence-corrected chi connectivity index (χ2v) is 4.79. The smallest absolute Gasteiger partial charge is 0.149 e. The van der Waals surface area contributed by atoms with Crippen molar-refractivity contribution in [2.45, 2.75) is 31.7 Å². The maximum Gasteiger partial charge on any atom is 0.149 e. The van der Waals surface area contributed by atoms with Crippen molar-refractivity contribution < 1.29 is 0 Å². The summed E-state index contributed by atoms with van der Waals surface area (Å²) in [6, 6.07) is 4.41. The van der Waals surface area contributed by atoms with E-state index < -0.39 is 0 Å². The molecule has 3 rings (SSSR count). The third-order valence-electron chi connectivity index (χ3n) is 3.40. The van der Waals surface area contributed by atoms with Crippen molar-refractivity contribution >= 4 is 11.5 Å². The van der Waals surface area contributed by atoms with Gasteiger partial charge < -0.3 is 11.1 Å². The first kappa shape index (κ1) is 9.01. The monoisotopic (exact) mass is 203 g/mol. The molecule has 2 fully saturated rings. The molecule has 15 heavy (non-hydrogen) atoms. The molecule has 1 aromatic rings. The lowest BCUT2D eigenvalue weighted by Gasteiger charge is -2.19. The Labute approximate surface area is 90.1 Å². The molecule has 0 atom stereocenters. The van der Waals surface area contributed by atoms with Crippen molar-refractivity contribution in [2.24, 2.45) is 11.8 Å². The summed E-state index contributed by atoms with van der Waals surface area (Å²) in [7, 11) is 0. The second kappa shape index (κ2) is 3.40. The summed E-state index contributed by atoms with van der Waals surface area (Å²) in [5.41, 5.74) is 6.65. The van der Waals surface area contributed by atoms with Crippen molar-refractivity contribution in [1.82, 2.24) is 4.98 Å². The predicted molar refractivity (Wildman–Crippen MR) is 61.5 cm³/mol. The molecular formula is C12H17N3. The number of hydrogen-bond donors (Lipinski definition) is 2. The van der Waals surface area contributed by atoms with Gasteiger partial charge in [-0.3, -0.25) is 0 Å². The molecule has 0 unspecified atom stereocenters. The maximum absolute atomic E-state index is 5.88. The van der Waals surface area contributed by atoms with Crippen LogP contribution < -0.4 is 11.1 Å². The van der Waals surface area contributed by atoms with Gasteiger partial charge in [-0.05, 0) is 49.7 Å². The minimum absolute atomic E-state index is 0.627. The summed E-state index contributed by atoms with van der Waals surface area (Å²) < 4.78 is 0. The summed E-state index contributed by atoms with van der Waals surface area (Å²) in [5.74, 6) is 2.62. The van der Waals surface area contributed by atoms with Gasteiger partial charge in [0.25, 0.3) is 0 Å². The van der Waals surface area contributed by atoms with Crippen LogP contribution in [-0.4, -0.2) is 11.0 Å². The highest BCUT2D eigenvalue weighted by molar-refractivity contribution is 5.61. The SMILES string of the molecule is Nc1cccnc1NC(C1CC1)C1CC1. The van der Waals surface area contributed by atoms with Gasteiger partial charge >= 0.3 is 0 Å². The van der Waals surface area contributed by atoms with E-state index >= 15 is 0 Å². The Morgan fingerprint density at radius 1 is 1.27 bits per heavy atom. The van der Waals surface area contributed by atoms with Gasteiger partial charge in [0.05, 0.1) is 5.69 Å². The average molecular weight is 203 g/mol. The number of nitrogen functional groups attached to an aromatic ring is 1. The molecule has 0 aliphatic heterocycles. The number of hydrogen-bond acceptors (Lipinski definition) is 3. The average Bonchev–Trinajstić information content (AvgIpc) is 3.10. The van der Waals surface area contributed by atoms with Crippen LogP contribution in [0.5, 0.6) is 0 Å². The van der Waals surface area contributed by atoms with Gasteiger partial charge in [0.1, 0.15) is 5.82 Å². The largest absolute Gasteiger partial charge is 0.396 e. The molecule has 3 nitrogen and oxygen atoms in total. The van der Waals surface area contributed by atoms with E-state index in [2.05, 4.69) is 10.3 Å². The molecule has 2 aliphatic rings. The predicted octanol–water partition coefficient (Wildman–Crippen LogP) is 2.26. The van der Waals surface area contributed by atoms with Crippen molar-refractivity contribution in [3.8, 4) is 0 Å². The van der Waals surface area contributed by atoms with Crippen LogP contribution in [0.15, 0.2) is 18.3 Å². The summed E-state index contributed by atoms with van der Waals surface area (Å²) in [5, 5.41) is 3.54. The summed E-state index contributed by atoms with van der Waals surface area (Å²) >= 11 is 0. The van der Waals surface area contributed by atoms with Gasteiger partial charge in [-0.25, -0.2) is 4.98 Å². The van der Waals surface area contributed by atoms with E-state index in [9.17, 15) is 0 Å². The lowest BCUT2D eigenvalue weighted by molar-refractivity contribution is 0.566. The van der Waals surface area contributed by atoms with Gasteiger partial charge in [0, 0.05) is 12.2 Å². The second-order valence-electron chi connectivity index (χ2n) is 4.79. The van der Waals surface area contributed by atoms with Crippen LogP contribution in [0.3, 0.4) is 0 Å². The number of nitrogens with zero attached hydrogens (tertiary/aromatic N) is 1. The van der Waals surface area contributed by atoms with Gasteiger partial charge in [0.15, 0.2) is 0 Å². The van der Waals surface area contributed by atoms with Crippen molar-refractivity contribution in [3.05, 3.63) is 18.3 Å². The molecule has 1 aromatic heterocycles. The fourth-order valence-electron chi connectivity index (χ4n) is 2.23. The minimum Gasteiger partial charge on any atom is -0.396 e. The van der Waals surface area contributed by atoms with Crippen LogP contribution in [0.1, 0.15) is 25.7 Å². The van der Waals surface area contributed by atoms with Gasteiger partial charge in [0.2, 0.25) is 0 Å². The van der Waals surface area contributed by atoms with Crippen LogP contribution >= 0.6 is 0 Å². The van der Waals surface area contributed by atoms with Crippen molar-refractivity contribution in [3.63, 3.8) is 0 Å². The molecule has 0 aromatic carbocycles. The third-order valence-corrected chi connectivity index (χ3v) is 3.40. The zero-order valence-corrected chi connectivity index (χ0v) is 8.82. The Hall–Kier alpha value is -1.25. The molecule has 0 bridgehead atoms. The van der Waals surface area contributed by atoms with E-state index in [4.69, 9.17) is 5.73 Å². The van der Waals surface area contributed by atoms with E-state index in [1.807, 2.05) is 12.1 Å². The van der Waals surface area contributed by atoms with E-state index in [1.165, 1.54) is 25.7 Å². The van der Waals surface area contributed by atoms with Gasteiger partial charge in [-0.2, -0.15) is 0 Å². The van der Waals surface area contributed by atoms with Crippen molar-refractivity contribution in [2.75, 3.05) is 11.1 Å². The molecule has 0 amide bonds. The Balaban J connectivity index is 1.74. The van der Waals surface area contributed by atoms with Crippen LogP contribution in [0.2, 0.25) is 0 Å². The highest BCUT2D eigenvalue weighted by Crippen LogP contribution is 2.45. The molecule has 3 N–H and O–H groups in total. The topological polar surface area (TPSA) is 50.9 Å². The summed E-state index contributed by atoms with van der Waals surface area (Å²) in [6.45, 7) is 0. The van der Waals surface area contributed by atoms with E-state index in [1.54, 1.807) is 6.20 Å². The van der Waals surface area contributed by atoms with Crippen LogP contribution in [0, 0.1) is 11.8 Å². The first-order chi connectivity index (χ1) is 7.34. The molecule has 0 spiro atoms. The van der Waals surface area contributed by atoms with Gasteiger partial charge in [-0.15, -0.1) is 0 Å². The quantitative estimate of drug-likeness (QED) is 0.789. The molecular weight excluding hydrogens is 186 g/mol. The van der Waals surface area contributed by atoms with Crippen molar-refractivity contribution in [1.29, 1.82) is 0 Å². The molecule has 3 heteroatoms. The Morgan fingerprint density at radius 2 is 1.93 bits per heavy atom. The fraction of sp³-hybridized carbons (Fsp3) is 0.583. The third kappa shape index (κ3) is 1.91. The van der Waals surface area contributed by atoms with E-state index in [0.29, 0.717) is 6.04 Å². The molecule has 0 saturated heterocycles. The fourth-order valence-corrected chi connectivity index (χ4v) is 2.23. The maximum atomic E-state index is 5.88. The zero-order chi connectivity index (χ0) is 10.3. The molecule has 0 radical (unpaired) electrons. The van der Waals surface area contributed by atoms with Crippen LogP contribution in [-0.2, 0) is 0 Å². The van der Waals surface area contributed by atoms with E-state index in [0.717, 1.165) is 23.3 Å². The minimum atomic E-state index is 0.627. The number of rotatable bonds is 4. The normalized spacial score (nSPS) is 20.6. The summed E-state index contributed by atoms with van der Waals surface area (Å²) in [4.78, 5) is 4.30. The Morgan fingerprint density at radius 3 is 2.47 bits per heavy atom. The zero-order valence-electron chi connectivity index (χ0n) is 8.82. The number of aromatic nitrogens is 1. The number of nitrogens with two attached hydrogens (primary N) is 1. The first-order valence-electron chi connectivity index (χ1n) is 5.81. The standard InChI is InChI=1S/C12H17N3/c13-10-2-1-7-14-12(10)15-11(8-3-4-8)9-5-6-9/h1-2,7-9,11H,3-6,13H2,(H,14,15). The molecule has 2 aliphatic carbocycles. The van der Waals surface area contributed by atoms with Crippen LogP contribution in [0.4, 0.5) is 11.5 Å². The Kier molecular flexibility index (Phi) is 2.04.